The van der Waals surface area contributed by atoms with Crippen molar-refractivity contribution in [3.8, 4) is 11.5 Å². The normalized spacial score (nSPS) is 20.4. The van der Waals surface area contributed by atoms with E-state index < -0.39 is 0 Å². The molecule has 2 atom stereocenters. The monoisotopic (exact) mass is 428 g/mol. The van der Waals surface area contributed by atoms with E-state index >= 15 is 0 Å². The zero-order valence-electron chi connectivity index (χ0n) is 18.6. The van der Waals surface area contributed by atoms with Crippen LogP contribution in [-0.4, -0.2) is 35.9 Å². The minimum absolute atomic E-state index is 0.0874. The lowest BCUT2D eigenvalue weighted by molar-refractivity contribution is -0.125. The molecule has 0 radical (unpaired) electrons. The van der Waals surface area contributed by atoms with Crippen LogP contribution in [0.4, 0.5) is 0 Å². The van der Waals surface area contributed by atoms with Gasteiger partial charge in [0.25, 0.3) is 0 Å². The topological polar surface area (TPSA) is 51.7 Å². The highest BCUT2D eigenvalue weighted by Crippen LogP contribution is 2.43. The second kappa shape index (κ2) is 8.75. The SMILES string of the molecule is COc1cc2c(cc1OCc1ccccc1)CCN1C[C@H](c3cc(C)ccn3)C(=O)C[C@H]21. The van der Waals surface area contributed by atoms with Crippen LogP contribution in [0, 0.1) is 6.92 Å². The Morgan fingerprint density at radius 2 is 1.94 bits per heavy atom. The predicted molar refractivity (Wildman–Crippen MR) is 123 cm³/mol. The summed E-state index contributed by atoms with van der Waals surface area (Å²) in [5.74, 6) is 1.59. The van der Waals surface area contributed by atoms with Gasteiger partial charge in [-0.1, -0.05) is 30.3 Å². The highest BCUT2D eigenvalue weighted by molar-refractivity contribution is 5.87. The van der Waals surface area contributed by atoms with Crippen LogP contribution < -0.4 is 9.47 Å². The highest BCUT2D eigenvalue weighted by Gasteiger charge is 2.39. The molecule has 164 valence electrons. The summed E-state index contributed by atoms with van der Waals surface area (Å²) in [6, 6.07) is 18.4. The molecular formula is C27H28N2O3. The van der Waals surface area contributed by atoms with Gasteiger partial charge in [-0.3, -0.25) is 14.7 Å². The van der Waals surface area contributed by atoms with E-state index in [1.165, 1.54) is 11.1 Å². The van der Waals surface area contributed by atoms with E-state index in [0.29, 0.717) is 19.6 Å². The zero-order chi connectivity index (χ0) is 22.1. The van der Waals surface area contributed by atoms with E-state index in [1.54, 1.807) is 13.3 Å². The van der Waals surface area contributed by atoms with E-state index in [4.69, 9.17) is 9.47 Å². The van der Waals surface area contributed by atoms with Crippen molar-refractivity contribution in [2.45, 2.75) is 38.3 Å². The van der Waals surface area contributed by atoms with Gasteiger partial charge < -0.3 is 9.47 Å². The van der Waals surface area contributed by atoms with E-state index in [9.17, 15) is 4.79 Å². The molecule has 0 unspecified atom stereocenters. The maximum Gasteiger partial charge on any atom is 0.161 e. The Morgan fingerprint density at radius 3 is 2.72 bits per heavy atom. The molecule has 0 N–H and O–H groups in total. The molecule has 3 heterocycles. The Bertz CT molecular complexity index is 1130. The fourth-order valence-corrected chi connectivity index (χ4v) is 4.90. The minimum Gasteiger partial charge on any atom is -0.493 e. The number of ketones is 1. The number of piperidine rings is 1. The van der Waals surface area contributed by atoms with Crippen LogP contribution in [0.25, 0.3) is 0 Å². The summed E-state index contributed by atoms with van der Waals surface area (Å²) in [5.41, 5.74) is 5.58. The van der Waals surface area contributed by atoms with Crippen LogP contribution in [0.1, 0.15) is 46.3 Å². The van der Waals surface area contributed by atoms with Gasteiger partial charge in [0.15, 0.2) is 11.5 Å². The van der Waals surface area contributed by atoms with Crippen molar-refractivity contribution in [1.82, 2.24) is 9.88 Å². The van der Waals surface area contributed by atoms with Crippen LogP contribution in [0.15, 0.2) is 60.8 Å². The average molecular weight is 429 g/mol. The predicted octanol–water partition coefficient (Wildman–Crippen LogP) is 4.63. The summed E-state index contributed by atoms with van der Waals surface area (Å²) in [4.78, 5) is 20.1. The fraction of sp³-hybridized carbons (Fsp3) is 0.333. The maximum absolute atomic E-state index is 13.1. The van der Waals surface area contributed by atoms with Crippen molar-refractivity contribution >= 4 is 5.78 Å². The minimum atomic E-state index is -0.150. The number of carbonyl (C=O) groups is 1. The third kappa shape index (κ3) is 4.00. The molecule has 2 aliphatic heterocycles. The van der Waals surface area contributed by atoms with Gasteiger partial charge in [-0.05, 0) is 59.9 Å². The molecule has 32 heavy (non-hydrogen) atoms. The number of aryl methyl sites for hydroxylation is 1. The summed E-state index contributed by atoms with van der Waals surface area (Å²) < 4.78 is 11.8. The van der Waals surface area contributed by atoms with Crippen molar-refractivity contribution in [2.24, 2.45) is 0 Å². The first kappa shape index (κ1) is 20.7. The van der Waals surface area contributed by atoms with Gasteiger partial charge >= 0.3 is 0 Å². The van der Waals surface area contributed by atoms with Crippen LogP contribution in [-0.2, 0) is 17.8 Å². The first-order valence-electron chi connectivity index (χ1n) is 11.2. The molecule has 1 saturated heterocycles. The number of rotatable bonds is 5. The summed E-state index contributed by atoms with van der Waals surface area (Å²) in [6.07, 6.45) is 3.23. The Balaban J connectivity index is 1.38. The van der Waals surface area contributed by atoms with Gasteiger partial charge in [-0.2, -0.15) is 0 Å². The van der Waals surface area contributed by atoms with Crippen molar-refractivity contribution in [1.29, 1.82) is 0 Å². The third-order valence-corrected chi connectivity index (χ3v) is 6.62. The lowest BCUT2D eigenvalue weighted by Gasteiger charge is -2.43. The molecule has 0 bridgehead atoms. The van der Waals surface area contributed by atoms with Gasteiger partial charge in [0.1, 0.15) is 12.4 Å². The van der Waals surface area contributed by atoms with E-state index in [-0.39, 0.29) is 17.7 Å². The number of Topliss-reactive ketones (excluding diaryl/α,β-unsaturated/α-hetero) is 1. The maximum atomic E-state index is 13.1. The molecule has 1 fully saturated rings. The first-order chi connectivity index (χ1) is 15.6. The number of ether oxygens (including phenoxy) is 2. The number of fused-ring (bicyclic) bond motifs is 3. The Hall–Kier alpha value is -3.18. The van der Waals surface area contributed by atoms with Gasteiger partial charge in [0.05, 0.1) is 18.7 Å². The van der Waals surface area contributed by atoms with Gasteiger partial charge in [-0.25, -0.2) is 0 Å². The summed E-state index contributed by atoms with van der Waals surface area (Å²) in [7, 11) is 1.67. The van der Waals surface area contributed by atoms with Crippen molar-refractivity contribution < 1.29 is 14.3 Å². The molecule has 3 aromatic rings. The molecular weight excluding hydrogens is 400 g/mol. The van der Waals surface area contributed by atoms with Crippen LogP contribution in [0.2, 0.25) is 0 Å². The summed E-state index contributed by atoms with van der Waals surface area (Å²) in [5, 5.41) is 0. The molecule has 2 aliphatic rings. The molecule has 5 rings (SSSR count). The molecule has 5 heteroatoms. The number of carbonyl (C=O) groups excluding carboxylic acids is 1. The molecule has 0 aliphatic carbocycles. The van der Waals surface area contributed by atoms with Crippen LogP contribution in [0.3, 0.4) is 0 Å². The smallest absolute Gasteiger partial charge is 0.161 e. The Morgan fingerprint density at radius 1 is 1.09 bits per heavy atom. The molecule has 5 nitrogen and oxygen atoms in total. The standard InChI is InChI=1S/C27H28N2O3/c1-18-8-10-28-23(12-18)22-16-29-11-9-20-13-27(32-17-19-6-4-3-5-7-19)26(31-2)14-21(20)24(29)15-25(22)30/h3-8,10,12-14,22,24H,9,11,15-17H2,1-2H3/t22-,24-/m1/s1. The molecule has 0 spiro atoms. The van der Waals surface area contributed by atoms with Gasteiger partial charge in [0, 0.05) is 31.7 Å². The number of methoxy groups -OCH3 is 1. The number of aromatic nitrogens is 1. The third-order valence-electron chi connectivity index (χ3n) is 6.62. The zero-order valence-corrected chi connectivity index (χ0v) is 18.6. The highest BCUT2D eigenvalue weighted by atomic mass is 16.5. The molecule has 0 amide bonds. The lowest BCUT2D eigenvalue weighted by Crippen LogP contribution is -2.45. The largest absolute Gasteiger partial charge is 0.493 e. The summed E-state index contributed by atoms with van der Waals surface area (Å²) >= 11 is 0. The Kier molecular flexibility index (Phi) is 5.66. The van der Waals surface area contributed by atoms with E-state index in [0.717, 1.165) is 41.3 Å². The quantitative estimate of drug-likeness (QED) is 0.593. The number of nitrogens with zero attached hydrogens (tertiary/aromatic N) is 2. The van der Waals surface area contributed by atoms with E-state index in [1.807, 2.05) is 37.3 Å². The van der Waals surface area contributed by atoms with Gasteiger partial charge in [-0.15, -0.1) is 0 Å². The fourth-order valence-electron chi connectivity index (χ4n) is 4.90. The van der Waals surface area contributed by atoms with Gasteiger partial charge in [0.2, 0.25) is 0 Å². The second-order valence-electron chi connectivity index (χ2n) is 8.72. The van der Waals surface area contributed by atoms with Crippen molar-refractivity contribution in [3.63, 3.8) is 0 Å². The number of hydrogen-bond donors (Lipinski definition) is 0. The van der Waals surface area contributed by atoms with Crippen LogP contribution in [0.5, 0.6) is 11.5 Å². The van der Waals surface area contributed by atoms with Crippen molar-refractivity contribution in [2.75, 3.05) is 20.2 Å². The van der Waals surface area contributed by atoms with Crippen LogP contribution >= 0.6 is 0 Å². The number of pyridine rings is 1. The number of hydrogen-bond acceptors (Lipinski definition) is 5. The lowest BCUT2D eigenvalue weighted by atomic mass is 9.81. The summed E-state index contributed by atoms with van der Waals surface area (Å²) in [6.45, 7) is 4.18. The van der Waals surface area contributed by atoms with Crippen molar-refractivity contribution in [3.05, 3.63) is 88.7 Å². The van der Waals surface area contributed by atoms with E-state index in [2.05, 4.69) is 34.1 Å². The first-order valence-corrected chi connectivity index (χ1v) is 11.2. The molecule has 1 aromatic heterocycles. The number of benzene rings is 2. The average Bonchev–Trinajstić information content (AvgIpc) is 2.82. The molecule has 0 saturated carbocycles. The molecule has 2 aromatic carbocycles. The second-order valence-corrected chi connectivity index (χ2v) is 8.72. The Labute approximate surface area is 189 Å².